The van der Waals surface area contributed by atoms with Gasteiger partial charge in [0.25, 0.3) is 0 Å². The van der Waals surface area contributed by atoms with Gasteiger partial charge in [-0.3, -0.25) is 0 Å². The van der Waals surface area contributed by atoms with Gasteiger partial charge >= 0.3 is 0 Å². The molecule has 1 rings (SSSR count). The fraction of sp³-hybridized carbons (Fsp3) is 0.533. The van der Waals surface area contributed by atoms with E-state index >= 15 is 0 Å². The van der Waals surface area contributed by atoms with Crippen LogP contribution in [-0.4, -0.2) is 18.5 Å². The van der Waals surface area contributed by atoms with Crippen molar-refractivity contribution in [1.29, 1.82) is 5.26 Å². The molecule has 17 heavy (non-hydrogen) atoms. The van der Waals surface area contributed by atoms with Crippen molar-refractivity contribution in [2.75, 3.05) is 13.6 Å². The lowest BCUT2D eigenvalue weighted by atomic mass is 9.92. The van der Waals surface area contributed by atoms with E-state index in [0.717, 1.165) is 18.7 Å². The van der Waals surface area contributed by atoms with Crippen molar-refractivity contribution in [1.82, 2.24) is 4.90 Å². The Kier molecular flexibility index (Phi) is 4.72. The molecule has 0 aliphatic carbocycles. The van der Waals surface area contributed by atoms with E-state index in [9.17, 15) is 0 Å². The monoisotopic (exact) mass is 230 g/mol. The van der Waals surface area contributed by atoms with E-state index in [1.807, 2.05) is 18.2 Å². The molecule has 1 aromatic rings. The molecule has 0 N–H and O–H groups in total. The van der Waals surface area contributed by atoms with Gasteiger partial charge in [0.15, 0.2) is 0 Å². The molecule has 92 valence electrons. The van der Waals surface area contributed by atoms with Gasteiger partial charge in [0.1, 0.15) is 0 Å². The van der Waals surface area contributed by atoms with Gasteiger partial charge in [-0.15, -0.1) is 0 Å². The highest BCUT2D eigenvalue weighted by Gasteiger charge is 2.11. The summed E-state index contributed by atoms with van der Waals surface area (Å²) in [6.45, 7) is 8.78. The largest absolute Gasteiger partial charge is 0.302 e. The minimum atomic E-state index is 0.378. The van der Waals surface area contributed by atoms with Crippen molar-refractivity contribution in [3.63, 3.8) is 0 Å². The minimum Gasteiger partial charge on any atom is -0.302 e. The van der Waals surface area contributed by atoms with E-state index in [1.165, 1.54) is 12.0 Å². The zero-order valence-electron chi connectivity index (χ0n) is 11.3. The summed E-state index contributed by atoms with van der Waals surface area (Å²) in [5, 5.41) is 8.84. The van der Waals surface area contributed by atoms with Crippen LogP contribution in [0.4, 0.5) is 0 Å². The Hall–Kier alpha value is -1.33. The first-order chi connectivity index (χ1) is 7.90. The van der Waals surface area contributed by atoms with Crippen LogP contribution in [-0.2, 0) is 6.54 Å². The van der Waals surface area contributed by atoms with Crippen molar-refractivity contribution in [2.45, 2.75) is 33.7 Å². The molecule has 0 aromatic heterocycles. The quantitative estimate of drug-likeness (QED) is 0.792. The number of hydrogen-bond acceptors (Lipinski definition) is 2. The maximum absolute atomic E-state index is 8.84. The van der Waals surface area contributed by atoms with E-state index in [4.69, 9.17) is 5.26 Å². The fourth-order valence-electron chi connectivity index (χ4n) is 1.66. The number of hydrogen-bond donors (Lipinski definition) is 0. The number of benzene rings is 1. The molecular weight excluding hydrogens is 208 g/mol. The first-order valence-electron chi connectivity index (χ1n) is 6.08. The van der Waals surface area contributed by atoms with Gasteiger partial charge in [-0.1, -0.05) is 32.9 Å². The first-order valence-corrected chi connectivity index (χ1v) is 6.08. The van der Waals surface area contributed by atoms with Crippen LogP contribution < -0.4 is 0 Å². The highest BCUT2D eigenvalue weighted by atomic mass is 15.1. The number of rotatable bonds is 4. The average molecular weight is 230 g/mol. The molecule has 0 unspecified atom stereocenters. The Bertz CT molecular complexity index is 396. The van der Waals surface area contributed by atoms with Gasteiger partial charge in [-0.2, -0.15) is 5.26 Å². The smallest absolute Gasteiger partial charge is 0.0991 e. The SMILES string of the molecule is CN(CCC(C)(C)C)Cc1cccc(C#N)c1. The third kappa shape index (κ3) is 5.51. The van der Waals surface area contributed by atoms with E-state index in [-0.39, 0.29) is 0 Å². The summed E-state index contributed by atoms with van der Waals surface area (Å²) in [7, 11) is 2.13. The van der Waals surface area contributed by atoms with Crippen LogP contribution in [0.25, 0.3) is 0 Å². The molecule has 0 aliphatic heterocycles. The molecular formula is C15H22N2. The fourth-order valence-corrected chi connectivity index (χ4v) is 1.66. The Morgan fingerprint density at radius 3 is 2.59 bits per heavy atom. The second-order valence-corrected chi connectivity index (χ2v) is 5.86. The first kappa shape index (κ1) is 13.7. The maximum atomic E-state index is 8.84. The lowest BCUT2D eigenvalue weighted by Crippen LogP contribution is -2.23. The summed E-state index contributed by atoms with van der Waals surface area (Å²) in [5.41, 5.74) is 2.33. The van der Waals surface area contributed by atoms with Crippen LogP contribution in [0.2, 0.25) is 0 Å². The second-order valence-electron chi connectivity index (χ2n) is 5.86. The van der Waals surface area contributed by atoms with Gasteiger partial charge in [0.05, 0.1) is 11.6 Å². The lowest BCUT2D eigenvalue weighted by molar-refractivity contribution is 0.259. The summed E-state index contributed by atoms with van der Waals surface area (Å²) >= 11 is 0. The predicted molar refractivity (Wildman–Crippen MR) is 71.6 cm³/mol. The Morgan fingerprint density at radius 2 is 2.00 bits per heavy atom. The van der Waals surface area contributed by atoms with Crippen LogP contribution in [0.1, 0.15) is 38.3 Å². The van der Waals surface area contributed by atoms with Gasteiger partial charge in [0.2, 0.25) is 0 Å². The standard InChI is InChI=1S/C15H22N2/c1-15(2,3)8-9-17(4)12-14-7-5-6-13(10-14)11-16/h5-7,10H,8-9,12H2,1-4H3. The van der Waals surface area contributed by atoms with Crippen LogP contribution in [0.3, 0.4) is 0 Å². The third-order valence-corrected chi connectivity index (χ3v) is 2.75. The summed E-state index contributed by atoms with van der Waals surface area (Å²) < 4.78 is 0. The zero-order chi connectivity index (χ0) is 12.9. The van der Waals surface area contributed by atoms with Crippen LogP contribution in [0.15, 0.2) is 24.3 Å². The molecule has 2 heteroatoms. The molecule has 1 aromatic carbocycles. The van der Waals surface area contributed by atoms with Gasteiger partial charge < -0.3 is 4.90 Å². The molecule has 2 nitrogen and oxygen atoms in total. The third-order valence-electron chi connectivity index (χ3n) is 2.75. The molecule has 0 bridgehead atoms. The number of nitrogens with zero attached hydrogens (tertiary/aromatic N) is 2. The molecule has 0 saturated carbocycles. The highest BCUT2D eigenvalue weighted by Crippen LogP contribution is 2.19. The topological polar surface area (TPSA) is 27.0 Å². The van der Waals surface area contributed by atoms with Crippen molar-refractivity contribution < 1.29 is 0 Å². The zero-order valence-corrected chi connectivity index (χ0v) is 11.3. The minimum absolute atomic E-state index is 0.378. The van der Waals surface area contributed by atoms with E-state index in [0.29, 0.717) is 5.41 Å². The summed E-state index contributed by atoms with van der Waals surface area (Å²) in [5.74, 6) is 0. The van der Waals surface area contributed by atoms with Gasteiger partial charge in [0, 0.05) is 6.54 Å². The lowest BCUT2D eigenvalue weighted by Gasteiger charge is -2.23. The van der Waals surface area contributed by atoms with Crippen molar-refractivity contribution >= 4 is 0 Å². The molecule has 0 atom stereocenters. The van der Waals surface area contributed by atoms with Gasteiger partial charge in [-0.25, -0.2) is 0 Å². The summed E-state index contributed by atoms with van der Waals surface area (Å²) in [6, 6.07) is 10.0. The van der Waals surface area contributed by atoms with Crippen LogP contribution >= 0.6 is 0 Å². The average Bonchev–Trinajstić information content (AvgIpc) is 2.26. The summed E-state index contributed by atoms with van der Waals surface area (Å²) in [6.07, 6.45) is 1.18. The Labute approximate surface area is 105 Å². The molecule has 0 amide bonds. The number of nitriles is 1. The highest BCUT2D eigenvalue weighted by molar-refractivity contribution is 5.32. The molecule has 0 saturated heterocycles. The molecule has 0 fully saturated rings. The van der Waals surface area contributed by atoms with Crippen molar-refractivity contribution in [2.24, 2.45) is 5.41 Å². The van der Waals surface area contributed by atoms with Crippen LogP contribution in [0, 0.1) is 16.7 Å². The molecule has 0 radical (unpaired) electrons. The molecule has 0 heterocycles. The molecule has 0 spiro atoms. The molecule has 0 aliphatic rings. The Morgan fingerprint density at radius 1 is 1.29 bits per heavy atom. The van der Waals surface area contributed by atoms with Crippen molar-refractivity contribution in [3.8, 4) is 6.07 Å². The van der Waals surface area contributed by atoms with E-state index in [2.05, 4.69) is 44.9 Å². The van der Waals surface area contributed by atoms with Gasteiger partial charge in [-0.05, 0) is 43.1 Å². The van der Waals surface area contributed by atoms with E-state index in [1.54, 1.807) is 0 Å². The van der Waals surface area contributed by atoms with E-state index < -0.39 is 0 Å². The van der Waals surface area contributed by atoms with Crippen molar-refractivity contribution in [3.05, 3.63) is 35.4 Å². The predicted octanol–water partition coefficient (Wildman–Crippen LogP) is 3.43. The summed E-state index contributed by atoms with van der Waals surface area (Å²) in [4.78, 5) is 2.31. The van der Waals surface area contributed by atoms with Crippen LogP contribution in [0.5, 0.6) is 0 Å². The maximum Gasteiger partial charge on any atom is 0.0991 e. The normalized spacial score (nSPS) is 11.5. The Balaban J connectivity index is 2.51. The second kappa shape index (κ2) is 5.84.